The predicted molar refractivity (Wildman–Crippen MR) is 92.1 cm³/mol. The normalized spacial score (nSPS) is 15.8. The van der Waals surface area contributed by atoms with Gasteiger partial charge in [-0.05, 0) is 24.8 Å². The molecule has 2 amide bonds. The van der Waals surface area contributed by atoms with E-state index >= 15 is 0 Å². The number of amides is 2. The Kier molecular flexibility index (Phi) is 10.1. The molecule has 6 heteroatoms. The smallest absolute Gasteiger partial charge is 0.243 e. The molecule has 0 fully saturated rings. The summed E-state index contributed by atoms with van der Waals surface area (Å²) in [5, 5.41) is 9.04. The summed E-state index contributed by atoms with van der Waals surface area (Å²) in [5.41, 5.74) is 1.25. The first-order chi connectivity index (χ1) is 9.90. The minimum atomic E-state index is -0.460. The van der Waals surface area contributed by atoms with Crippen molar-refractivity contribution < 1.29 is 9.59 Å². The molecule has 1 heterocycles. The molecule has 0 bridgehead atoms. The fourth-order valence-corrected chi connectivity index (χ4v) is 2.28. The summed E-state index contributed by atoms with van der Waals surface area (Å²) in [5.74, 6) is 0.213. The monoisotopic (exact) mass is 331 g/mol. The predicted octanol–water partition coefficient (Wildman–Crippen LogP) is 1.63. The van der Waals surface area contributed by atoms with E-state index in [2.05, 4.69) is 22.0 Å². The Morgan fingerprint density at radius 3 is 2.45 bits per heavy atom. The molecule has 22 heavy (non-hydrogen) atoms. The first-order valence-corrected chi connectivity index (χ1v) is 7.85. The van der Waals surface area contributed by atoms with Gasteiger partial charge in [-0.15, -0.1) is 12.4 Å². The molecule has 128 valence electrons. The Labute approximate surface area is 140 Å². The molecule has 0 aromatic rings. The van der Waals surface area contributed by atoms with Crippen molar-refractivity contribution in [2.75, 3.05) is 19.6 Å². The lowest BCUT2D eigenvalue weighted by Gasteiger charge is -2.23. The lowest BCUT2D eigenvalue weighted by atomic mass is 10.0. The zero-order valence-corrected chi connectivity index (χ0v) is 14.9. The Bertz CT molecular complexity index is 395. The maximum Gasteiger partial charge on any atom is 0.243 e. The van der Waals surface area contributed by atoms with Gasteiger partial charge in [0, 0.05) is 19.5 Å². The number of hydrogen-bond acceptors (Lipinski definition) is 3. The number of hydrogen-bond donors (Lipinski definition) is 3. The zero-order chi connectivity index (χ0) is 15.8. The van der Waals surface area contributed by atoms with Gasteiger partial charge in [0.15, 0.2) is 0 Å². The third kappa shape index (κ3) is 7.80. The van der Waals surface area contributed by atoms with E-state index in [9.17, 15) is 9.59 Å². The summed E-state index contributed by atoms with van der Waals surface area (Å²) in [4.78, 5) is 24.1. The zero-order valence-electron chi connectivity index (χ0n) is 14.1. The largest absolute Gasteiger partial charge is 0.351 e. The molecule has 1 atom stereocenters. The van der Waals surface area contributed by atoms with Gasteiger partial charge in [-0.3, -0.25) is 9.59 Å². The van der Waals surface area contributed by atoms with Crippen LogP contribution in [0.25, 0.3) is 0 Å². The first-order valence-electron chi connectivity index (χ1n) is 7.85. The highest BCUT2D eigenvalue weighted by molar-refractivity contribution is 5.88. The van der Waals surface area contributed by atoms with Gasteiger partial charge >= 0.3 is 0 Å². The third-order valence-corrected chi connectivity index (χ3v) is 3.51. The molecule has 0 aromatic heterocycles. The molecule has 0 radical (unpaired) electrons. The standard InChI is InChI=1S/C16H29N3O2.ClH/c1-11(2)9-14(20)19-15(12(3)4)16(21)18-10-13-5-7-17-8-6-13;/h5,11-12,15,17H,6-10H2,1-4H3,(H,18,21)(H,19,20);1H. The number of carbonyl (C=O) groups is 2. The summed E-state index contributed by atoms with van der Waals surface area (Å²) in [7, 11) is 0. The average molecular weight is 332 g/mol. The van der Waals surface area contributed by atoms with Crippen LogP contribution in [-0.2, 0) is 9.59 Å². The van der Waals surface area contributed by atoms with E-state index in [-0.39, 0.29) is 30.1 Å². The van der Waals surface area contributed by atoms with Crippen LogP contribution in [-0.4, -0.2) is 37.5 Å². The summed E-state index contributed by atoms with van der Waals surface area (Å²) in [6.45, 7) is 10.3. The van der Waals surface area contributed by atoms with E-state index in [1.165, 1.54) is 5.57 Å². The van der Waals surface area contributed by atoms with Crippen LogP contribution in [0, 0.1) is 11.8 Å². The second kappa shape index (κ2) is 10.6. The highest BCUT2D eigenvalue weighted by atomic mass is 35.5. The Balaban J connectivity index is 0.00000441. The number of rotatable bonds is 7. The van der Waals surface area contributed by atoms with Gasteiger partial charge in [0.05, 0.1) is 0 Å². The maximum absolute atomic E-state index is 12.3. The van der Waals surface area contributed by atoms with E-state index < -0.39 is 6.04 Å². The Hall–Kier alpha value is -1.07. The number of nitrogens with one attached hydrogen (secondary N) is 3. The van der Waals surface area contributed by atoms with Crippen LogP contribution in [0.3, 0.4) is 0 Å². The summed E-state index contributed by atoms with van der Waals surface area (Å²) < 4.78 is 0. The minimum Gasteiger partial charge on any atom is -0.351 e. The van der Waals surface area contributed by atoms with Crippen molar-refractivity contribution in [3.8, 4) is 0 Å². The van der Waals surface area contributed by atoms with Crippen molar-refractivity contribution in [2.45, 2.75) is 46.6 Å². The second-order valence-electron chi connectivity index (χ2n) is 6.42. The van der Waals surface area contributed by atoms with E-state index in [0.717, 1.165) is 19.5 Å². The van der Waals surface area contributed by atoms with Crippen LogP contribution in [0.1, 0.15) is 40.5 Å². The lowest BCUT2D eigenvalue weighted by Crippen LogP contribution is -2.50. The van der Waals surface area contributed by atoms with Crippen LogP contribution in [0.2, 0.25) is 0 Å². The molecule has 0 spiro atoms. The second-order valence-corrected chi connectivity index (χ2v) is 6.42. The fourth-order valence-electron chi connectivity index (χ4n) is 2.28. The molecule has 1 rings (SSSR count). The SMILES string of the molecule is CC(C)CC(=O)NC(C(=O)NCC1=CCNCC1)C(C)C.Cl. The van der Waals surface area contributed by atoms with E-state index in [1.807, 2.05) is 27.7 Å². The summed E-state index contributed by atoms with van der Waals surface area (Å²) >= 11 is 0. The first kappa shape index (κ1) is 20.9. The minimum absolute atomic E-state index is 0. The molecule has 0 aromatic carbocycles. The van der Waals surface area contributed by atoms with Crippen molar-refractivity contribution in [2.24, 2.45) is 11.8 Å². The molecule has 1 aliphatic heterocycles. The van der Waals surface area contributed by atoms with E-state index in [1.54, 1.807) is 0 Å². The van der Waals surface area contributed by atoms with Gasteiger partial charge in [0.1, 0.15) is 6.04 Å². The van der Waals surface area contributed by atoms with Gasteiger partial charge in [-0.2, -0.15) is 0 Å². The Morgan fingerprint density at radius 1 is 1.27 bits per heavy atom. The van der Waals surface area contributed by atoms with Crippen molar-refractivity contribution in [3.05, 3.63) is 11.6 Å². The molecule has 0 saturated heterocycles. The Morgan fingerprint density at radius 2 is 1.95 bits per heavy atom. The van der Waals surface area contributed by atoms with Gasteiger partial charge < -0.3 is 16.0 Å². The van der Waals surface area contributed by atoms with Crippen molar-refractivity contribution in [3.63, 3.8) is 0 Å². The molecule has 1 aliphatic rings. The highest BCUT2D eigenvalue weighted by Crippen LogP contribution is 2.07. The number of halogens is 1. The van der Waals surface area contributed by atoms with Gasteiger partial charge in [-0.25, -0.2) is 0 Å². The lowest BCUT2D eigenvalue weighted by molar-refractivity contribution is -0.130. The summed E-state index contributed by atoms with van der Waals surface area (Å²) in [6.07, 6.45) is 3.53. The van der Waals surface area contributed by atoms with E-state index in [4.69, 9.17) is 0 Å². The maximum atomic E-state index is 12.3. The van der Waals surface area contributed by atoms with Gasteiger partial charge in [0.2, 0.25) is 11.8 Å². The average Bonchev–Trinajstić information content (AvgIpc) is 2.42. The van der Waals surface area contributed by atoms with Gasteiger partial charge in [-0.1, -0.05) is 39.3 Å². The molecular weight excluding hydrogens is 302 g/mol. The van der Waals surface area contributed by atoms with Crippen LogP contribution in [0.15, 0.2) is 11.6 Å². The van der Waals surface area contributed by atoms with Crippen LogP contribution in [0.5, 0.6) is 0 Å². The van der Waals surface area contributed by atoms with E-state index in [0.29, 0.717) is 18.9 Å². The molecular formula is C16H30ClN3O2. The quantitative estimate of drug-likeness (QED) is 0.621. The molecule has 5 nitrogen and oxygen atoms in total. The fraction of sp³-hybridized carbons (Fsp3) is 0.750. The highest BCUT2D eigenvalue weighted by Gasteiger charge is 2.24. The van der Waals surface area contributed by atoms with Crippen molar-refractivity contribution in [1.82, 2.24) is 16.0 Å². The summed E-state index contributed by atoms with van der Waals surface area (Å²) in [6, 6.07) is -0.460. The molecule has 0 aliphatic carbocycles. The topological polar surface area (TPSA) is 70.2 Å². The van der Waals surface area contributed by atoms with Crippen LogP contribution >= 0.6 is 12.4 Å². The van der Waals surface area contributed by atoms with Crippen LogP contribution in [0.4, 0.5) is 0 Å². The molecule has 0 saturated carbocycles. The third-order valence-electron chi connectivity index (χ3n) is 3.51. The van der Waals surface area contributed by atoms with Crippen molar-refractivity contribution >= 4 is 24.2 Å². The van der Waals surface area contributed by atoms with Crippen molar-refractivity contribution in [1.29, 1.82) is 0 Å². The van der Waals surface area contributed by atoms with Crippen LogP contribution < -0.4 is 16.0 Å². The molecule has 3 N–H and O–H groups in total. The molecule has 1 unspecified atom stereocenters. The van der Waals surface area contributed by atoms with Gasteiger partial charge in [0.25, 0.3) is 0 Å². The number of carbonyl (C=O) groups excluding carboxylic acids is 2.